The number of rotatable bonds is 8. The predicted octanol–water partition coefficient (Wildman–Crippen LogP) is 1.54. The van der Waals surface area contributed by atoms with E-state index < -0.39 is 0 Å². The maximum Gasteiger partial charge on any atom is 0.191 e. The topological polar surface area (TPSA) is 65.0 Å². The van der Waals surface area contributed by atoms with Gasteiger partial charge < -0.3 is 25.2 Å². The largest absolute Gasteiger partial charge is 0.385 e. The summed E-state index contributed by atoms with van der Waals surface area (Å²) in [6.45, 7) is 9.40. The second kappa shape index (κ2) is 13.1. The number of aromatic nitrogens is 1. The summed E-state index contributed by atoms with van der Waals surface area (Å²) in [5, 5.41) is 6.58. The Morgan fingerprint density at radius 1 is 1.23 bits per heavy atom. The maximum absolute atomic E-state index is 5.06. The fourth-order valence-corrected chi connectivity index (χ4v) is 2.67. The molecule has 1 aliphatic heterocycles. The van der Waals surface area contributed by atoms with Crippen LogP contribution in [0.4, 0.5) is 5.82 Å². The molecule has 1 aliphatic rings. The average Bonchev–Trinajstić information content (AvgIpc) is 2.64. The Hall–Kier alpha value is -1.13. The van der Waals surface area contributed by atoms with Gasteiger partial charge in [-0.25, -0.2) is 9.98 Å². The minimum absolute atomic E-state index is 0. The van der Waals surface area contributed by atoms with Crippen LogP contribution >= 0.6 is 24.0 Å². The smallest absolute Gasteiger partial charge is 0.191 e. The van der Waals surface area contributed by atoms with Gasteiger partial charge in [0.15, 0.2) is 5.96 Å². The summed E-state index contributed by atoms with van der Waals surface area (Å²) in [5.41, 5.74) is 1.12. The number of ether oxygens (including phenoxy) is 1. The van der Waals surface area contributed by atoms with Crippen molar-refractivity contribution < 1.29 is 4.74 Å². The molecule has 1 aromatic heterocycles. The molecular weight excluding hydrogens is 443 g/mol. The molecule has 0 saturated carbocycles. The molecule has 0 amide bonds. The molecule has 7 nitrogen and oxygen atoms in total. The Balaban J connectivity index is 0.00000338. The van der Waals surface area contributed by atoms with E-state index in [-0.39, 0.29) is 24.0 Å². The van der Waals surface area contributed by atoms with Crippen LogP contribution in [0, 0.1) is 0 Å². The zero-order chi connectivity index (χ0) is 17.9. The van der Waals surface area contributed by atoms with Crippen LogP contribution in [0.15, 0.2) is 23.3 Å². The van der Waals surface area contributed by atoms with Crippen molar-refractivity contribution in [3.63, 3.8) is 0 Å². The van der Waals surface area contributed by atoms with Gasteiger partial charge in [0, 0.05) is 59.2 Å². The number of anilines is 1. The second-order valence-electron chi connectivity index (χ2n) is 6.28. The van der Waals surface area contributed by atoms with Gasteiger partial charge in [0.05, 0.1) is 6.54 Å². The number of likely N-dealkylation sites (N-methyl/N-ethyl adjacent to an activating group) is 1. The Bertz CT molecular complexity index is 517. The van der Waals surface area contributed by atoms with E-state index in [4.69, 9.17) is 4.74 Å². The Morgan fingerprint density at radius 2 is 2.00 bits per heavy atom. The number of aliphatic imine (C=N–C) groups is 1. The molecule has 2 rings (SSSR count). The van der Waals surface area contributed by atoms with Gasteiger partial charge in [-0.1, -0.05) is 6.07 Å². The Labute approximate surface area is 174 Å². The molecular formula is C18H33IN6O. The van der Waals surface area contributed by atoms with Crippen LogP contribution in [0.5, 0.6) is 0 Å². The van der Waals surface area contributed by atoms with Gasteiger partial charge in [-0.3, -0.25) is 0 Å². The third-order valence-corrected chi connectivity index (χ3v) is 4.22. The van der Waals surface area contributed by atoms with Crippen LogP contribution < -0.4 is 15.5 Å². The zero-order valence-corrected chi connectivity index (χ0v) is 18.5. The zero-order valence-electron chi connectivity index (χ0n) is 16.2. The van der Waals surface area contributed by atoms with Crippen LogP contribution in [0.25, 0.3) is 0 Å². The molecule has 26 heavy (non-hydrogen) atoms. The quantitative estimate of drug-likeness (QED) is 0.257. The van der Waals surface area contributed by atoms with E-state index in [0.29, 0.717) is 6.54 Å². The van der Waals surface area contributed by atoms with Crippen molar-refractivity contribution in [2.24, 2.45) is 4.99 Å². The number of halogens is 1. The van der Waals surface area contributed by atoms with Gasteiger partial charge in [0.2, 0.25) is 0 Å². The van der Waals surface area contributed by atoms with E-state index >= 15 is 0 Å². The molecule has 0 aliphatic carbocycles. The first-order valence-electron chi connectivity index (χ1n) is 9.12. The molecule has 0 bridgehead atoms. The fraction of sp³-hybridized carbons (Fsp3) is 0.667. The SMILES string of the molecule is CCNC(=NCc1ccc(N2CCN(C)CC2)nc1)NCCCOC.I. The molecule has 0 spiro atoms. The molecule has 1 saturated heterocycles. The lowest BCUT2D eigenvalue weighted by molar-refractivity contribution is 0.195. The van der Waals surface area contributed by atoms with E-state index in [9.17, 15) is 0 Å². The van der Waals surface area contributed by atoms with E-state index in [2.05, 4.69) is 56.5 Å². The molecule has 0 aromatic carbocycles. The van der Waals surface area contributed by atoms with Gasteiger partial charge >= 0.3 is 0 Å². The maximum atomic E-state index is 5.06. The number of piperazine rings is 1. The average molecular weight is 476 g/mol. The van der Waals surface area contributed by atoms with E-state index in [0.717, 1.165) is 69.6 Å². The third-order valence-electron chi connectivity index (χ3n) is 4.22. The van der Waals surface area contributed by atoms with E-state index in [1.54, 1.807) is 7.11 Å². The van der Waals surface area contributed by atoms with Crippen LogP contribution in [-0.4, -0.2) is 75.9 Å². The van der Waals surface area contributed by atoms with Gasteiger partial charge in [0.25, 0.3) is 0 Å². The lowest BCUT2D eigenvalue weighted by Crippen LogP contribution is -2.44. The molecule has 2 heterocycles. The third kappa shape index (κ3) is 8.05. The summed E-state index contributed by atoms with van der Waals surface area (Å²) in [4.78, 5) is 13.9. The molecule has 0 unspecified atom stereocenters. The van der Waals surface area contributed by atoms with Crippen molar-refractivity contribution in [2.75, 3.05) is 64.9 Å². The molecule has 0 atom stereocenters. The molecule has 1 fully saturated rings. The second-order valence-corrected chi connectivity index (χ2v) is 6.28. The molecule has 1 aromatic rings. The lowest BCUT2D eigenvalue weighted by atomic mass is 10.2. The van der Waals surface area contributed by atoms with E-state index in [1.807, 2.05) is 6.20 Å². The number of hydrogen-bond acceptors (Lipinski definition) is 5. The Kier molecular flexibility index (Phi) is 11.5. The van der Waals surface area contributed by atoms with Gasteiger partial charge in [-0.05, 0) is 32.0 Å². The first kappa shape index (κ1) is 22.9. The van der Waals surface area contributed by atoms with Crippen molar-refractivity contribution in [2.45, 2.75) is 19.9 Å². The molecule has 2 N–H and O–H groups in total. The van der Waals surface area contributed by atoms with Gasteiger partial charge in [-0.15, -0.1) is 24.0 Å². The molecule has 148 valence electrons. The number of pyridine rings is 1. The number of nitrogens with one attached hydrogen (secondary N) is 2. The number of nitrogens with zero attached hydrogens (tertiary/aromatic N) is 4. The highest BCUT2D eigenvalue weighted by molar-refractivity contribution is 14.0. The fourth-order valence-electron chi connectivity index (χ4n) is 2.67. The summed E-state index contributed by atoms with van der Waals surface area (Å²) < 4.78 is 5.06. The summed E-state index contributed by atoms with van der Waals surface area (Å²) >= 11 is 0. The van der Waals surface area contributed by atoms with Crippen molar-refractivity contribution in [1.82, 2.24) is 20.5 Å². The van der Waals surface area contributed by atoms with Crippen molar-refractivity contribution in [1.29, 1.82) is 0 Å². The van der Waals surface area contributed by atoms with Crippen molar-refractivity contribution in [3.05, 3.63) is 23.9 Å². The summed E-state index contributed by atoms with van der Waals surface area (Å²) in [6, 6.07) is 4.23. The predicted molar refractivity (Wildman–Crippen MR) is 119 cm³/mol. The minimum Gasteiger partial charge on any atom is -0.385 e. The summed E-state index contributed by atoms with van der Waals surface area (Å²) in [7, 11) is 3.88. The Morgan fingerprint density at radius 3 is 2.62 bits per heavy atom. The standard InChI is InChI=1S/C18H32N6O.HI/c1-4-19-18(20-8-5-13-25-3)22-15-16-6-7-17(21-14-16)24-11-9-23(2)10-12-24;/h6-7,14H,4-5,8-13,15H2,1-3H3,(H2,19,20,22);1H. The summed E-state index contributed by atoms with van der Waals surface area (Å²) in [5.74, 6) is 1.90. The van der Waals surface area contributed by atoms with Crippen LogP contribution in [0.3, 0.4) is 0 Å². The number of guanidine groups is 1. The first-order chi connectivity index (χ1) is 12.2. The van der Waals surface area contributed by atoms with Crippen LogP contribution in [0.1, 0.15) is 18.9 Å². The highest BCUT2D eigenvalue weighted by atomic mass is 127. The van der Waals surface area contributed by atoms with Crippen LogP contribution in [0.2, 0.25) is 0 Å². The lowest BCUT2D eigenvalue weighted by Gasteiger charge is -2.33. The summed E-state index contributed by atoms with van der Waals surface area (Å²) in [6.07, 6.45) is 2.90. The van der Waals surface area contributed by atoms with Crippen molar-refractivity contribution in [3.8, 4) is 0 Å². The number of hydrogen-bond donors (Lipinski definition) is 2. The monoisotopic (exact) mass is 476 g/mol. The highest BCUT2D eigenvalue weighted by Crippen LogP contribution is 2.13. The van der Waals surface area contributed by atoms with Gasteiger partial charge in [0.1, 0.15) is 5.82 Å². The minimum atomic E-state index is 0. The number of methoxy groups -OCH3 is 1. The first-order valence-corrected chi connectivity index (χ1v) is 9.12. The van der Waals surface area contributed by atoms with Crippen LogP contribution in [-0.2, 0) is 11.3 Å². The van der Waals surface area contributed by atoms with Crippen molar-refractivity contribution >= 4 is 35.8 Å². The normalized spacial score (nSPS) is 15.5. The van der Waals surface area contributed by atoms with Gasteiger partial charge in [-0.2, -0.15) is 0 Å². The van der Waals surface area contributed by atoms with E-state index in [1.165, 1.54) is 0 Å². The highest BCUT2D eigenvalue weighted by Gasteiger charge is 2.14. The molecule has 8 heteroatoms. The molecule has 0 radical (unpaired) electrons.